The summed E-state index contributed by atoms with van der Waals surface area (Å²) in [5.41, 5.74) is 6.53. The second-order valence-corrected chi connectivity index (χ2v) is 9.08. The van der Waals surface area contributed by atoms with Gasteiger partial charge in [0, 0.05) is 38.3 Å². The highest BCUT2D eigenvalue weighted by Gasteiger charge is 2.23. The molecule has 5 aromatic rings. The highest BCUT2D eigenvalue weighted by atomic mass is 16.5. The van der Waals surface area contributed by atoms with E-state index in [1.165, 1.54) is 5.39 Å². The molecule has 0 atom stereocenters. The van der Waals surface area contributed by atoms with Gasteiger partial charge < -0.3 is 20.1 Å². The molecule has 1 aliphatic heterocycles. The van der Waals surface area contributed by atoms with Gasteiger partial charge in [0.1, 0.15) is 11.5 Å². The van der Waals surface area contributed by atoms with Crippen LogP contribution in [0.3, 0.4) is 0 Å². The molecule has 0 spiro atoms. The van der Waals surface area contributed by atoms with E-state index in [9.17, 15) is 9.90 Å². The number of H-pyrrole nitrogens is 1. The zero-order valence-electron chi connectivity index (χ0n) is 21.3. The van der Waals surface area contributed by atoms with Crippen molar-refractivity contribution in [3.63, 3.8) is 0 Å². The van der Waals surface area contributed by atoms with Crippen LogP contribution < -0.4 is 20.6 Å². The predicted octanol–water partition coefficient (Wildman–Crippen LogP) is 5.61. The summed E-state index contributed by atoms with van der Waals surface area (Å²) in [6, 6.07) is 29.0. The number of benzene rings is 4. The lowest BCUT2D eigenvalue weighted by molar-refractivity contribution is -0.110. The van der Waals surface area contributed by atoms with Crippen LogP contribution in [0.2, 0.25) is 0 Å². The molecule has 0 aliphatic carbocycles. The highest BCUT2D eigenvalue weighted by molar-refractivity contribution is 6.34. The Balaban J connectivity index is 0.000000155. The molecule has 6 rings (SSSR count). The number of methoxy groups -OCH3 is 1. The molecule has 1 aromatic heterocycles. The van der Waals surface area contributed by atoms with Crippen LogP contribution in [-0.4, -0.2) is 23.1 Å². The first-order chi connectivity index (χ1) is 18.4. The molecule has 4 aromatic carbocycles. The summed E-state index contributed by atoms with van der Waals surface area (Å²) in [7, 11) is 1.67. The lowest BCUT2D eigenvalue weighted by atomic mass is 10.0. The number of para-hydroxylation sites is 2. The van der Waals surface area contributed by atoms with Gasteiger partial charge in [-0.15, -0.1) is 0 Å². The third-order valence-corrected chi connectivity index (χ3v) is 6.52. The zero-order valence-corrected chi connectivity index (χ0v) is 21.3. The smallest absolute Gasteiger partial charge is 0.256 e. The van der Waals surface area contributed by atoms with Crippen molar-refractivity contribution in [2.45, 2.75) is 6.92 Å². The predicted molar refractivity (Wildman–Crippen MR) is 155 cm³/mol. The topological polar surface area (TPSA) is 74.3 Å². The van der Waals surface area contributed by atoms with Crippen molar-refractivity contribution in [3.05, 3.63) is 124 Å². The summed E-state index contributed by atoms with van der Waals surface area (Å²) < 4.78 is 5.17. The fourth-order valence-corrected chi connectivity index (χ4v) is 4.51. The average Bonchev–Trinajstić information content (AvgIpc) is 3.41. The quantitative estimate of drug-likeness (QED) is 0.282. The zero-order chi connectivity index (χ0) is 26.6. The summed E-state index contributed by atoms with van der Waals surface area (Å²) in [5, 5.41) is 15.5. The normalized spacial score (nSPS) is 13.7. The fourth-order valence-electron chi connectivity index (χ4n) is 4.51. The van der Waals surface area contributed by atoms with Crippen molar-refractivity contribution in [3.8, 4) is 11.5 Å². The summed E-state index contributed by atoms with van der Waals surface area (Å²) in [6.45, 7) is 5.98. The number of aromatic nitrogens is 1. The molecule has 1 amide bonds. The molecular weight excluding hydrogens is 472 g/mol. The maximum Gasteiger partial charge on any atom is 0.256 e. The first-order valence-electron chi connectivity index (χ1n) is 12.3. The third kappa shape index (κ3) is 5.08. The van der Waals surface area contributed by atoms with Gasteiger partial charge in [0.25, 0.3) is 5.91 Å². The number of rotatable bonds is 3. The van der Waals surface area contributed by atoms with Gasteiger partial charge in [-0.3, -0.25) is 4.79 Å². The van der Waals surface area contributed by atoms with E-state index in [0.717, 1.165) is 49.8 Å². The largest absolute Gasteiger partial charge is 0.508 e. The van der Waals surface area contributed by atoms with Gasteiger partial charge in [-0.2, -0.15) is 0 Å². The van der Waals surface area contributed by atoms with E-state index in [4.69, 9.17) is 4.74 Å². The Morgan fingerprint density at radius 3 is 2.39 bits per heavy atom. The molecule has 5 heteroatoms. The van der Waals surface area contributed by atoms with Crippen molar-refractivity contribution in [1.29, 1.82) is 0 Å². The van der Waals surface area contributed by atoms with Gasteiger partial charge in [-0.05, 0) is 72.2 Å². The Morgan fingerprint density at radius 1 is 0.895 bits per heavy atom. The number of carbonyl (C=O) groups excluding carboxylic acids is 1. The fraction of sp³-hybridized carbons (Fsp3) is 0.0606. The van der Waals surface area contributed by atoms with Gasteiger partial charge in [0.05, 0.1) is 7.11 Å². The number of hydrogen-bond acceptors (Lipinski definition) is 3. The molecule has 0 saturated carbocycles. The van der Waals surface area contributed by atoms with Crippen LogP contribution in [-0.2, 0) is 4.79 Å². The van der Waals surface area contributed by atoms with Crippen molar-refractivity contribution < 1.29 is 14.6 Å². The van der Waals surface area contributed by atoms with Crippen molar-refractivity contribution >= 4 is 46.8 Å². The molecule has 3 N–H and O–H groups in total. The molecule has 0 fully saturated rings. The van der Waals surface area contributed by atoms with E-state index in [0.29, 0.717) is 5.57 Å². The number of aryl methyl sites for hydroxylation is 1. The SMILES string of the molecule is C=c1[nH]c2ccccc2/c1=C\c1ccc(OC)cc1.Cc1cc(O)ccc1/C=C1/C(=O)Nc2ccccc21. The molecule has 0 saturated heterocycles. The van der Waals surface area contributed by atoms with E-state index in [2.05, 4.69) is 35.1 Å². The van der Waals surface area contributed by atoms with E-state index in [1.807, 2.05) is 79.7 Å². The highest BCUT2D eigenvalue weighted by Crippen LogP contribution is 2.33. The molecule has 0 bridgehead atoms. The summed E-state index contributed by atoms with van der Waals surface area (Å²) in [6.07, 6.45) is 4.00. The summed E-state index contributed by atoms with van der Waals surface area (Å²) in [4.78, 5) is 15.3. The lowest BCUT2D eigenvalue weighted by Crippen LogP contribution is -2.20. The van der Waals surface area contributed by atoms with Crippen LogP contribution in [0.1, 0.15) is 22.3 Å². The van der Waals surface area contributed by atoms with Crippen LogP contribution in [0.4, 0.5) is 5.69 Å². The Hall–Kier alpha value is -5.03. The number of amides is 1. The molecule has 1 aliphatic rings. The van der Waals surface area contributed by atoms with Crippen LogP contribution in [0.5, 0.6) is 11.5 Å². The lowest BCUT2D eigenvalue weighted by Gasteiger charge is -2.03. The van der Waals surface area contributed by atoms with Crippen molar-refractivity contribution in [2.75, 3.05) is 12.4 Å². The van der Waals surface area contributed by atoms with E-state index in [1.54, 1.807) is 19.2 Å². The minimum atomic E-state index is -0.0892. The third-order valence-electron chi connectivity index (χ3n) is 6.52. The minimum Gasteiger partial charge on any atom is -0.508 e. The number of ether oxygens (including phenoxy) is 1. The van der Waals surface area contributed by atoms with Gasteiger partial charge in [0.15, 0.2) is 0 Å². The first-order valence-corrected chi connectivity index (χ1v) is 12.3. The Labute approximate surface area is 221 Å². The number of fused-ring (bicyclic) bond motifs is 2. The van der Waals surface area contributed by atoms with E-state index < -0.39 is 0 Å². The van der Waals surface area contributed by atoms with E-state index >= 15 is 0 Å². The van der Waals surface area contributed by atoms with Crippen molar-refractivity contribution in [2.24, 2.45) is 0 Å². The van der Waals surface area contributed by atoms with E-state index in [-0.39, 0.29) is 11.7 Å². The van der Waals surface area contributed by atoms with Crippen LogP contribution in [0.25, 0.3) is 35.2 Å². The van der Waals surface area contributed by atoms with Crippen LogP contribution in [0, 0.1) is 6.92 Å². The number of aromatic hydroxyl groups is 1. The Kier molecular flexibility index (Phi) is 6.83. The second-order valence-electron chi connectivity index (χ2n) is 9.08. The number of anilines is 1. The number of phenols is 1. The van der Waals surface area contributed by atoms with Gasteiger partial charge >= 0.3 is 0 Å². The van der Waals surface area contributed by atoms with Gasteiger partial charge in [-0.25, -0.2) is 0 Å². The molecule has 5 nitrogen and oxygen atoms in total. The first kappa shape index (κ1) is 24.7. The van der Waals surface area contributed by atoms with Crippen LogP contribution in [0.15, 0.2) is 91.0 Å². The number of carbonyl (C=O) groups is 1. The number of phenolic OH excluding ortho intramolecular Hbond substituents is 1. The van der Waals surface area contributed by atoms with Gasteiger partial charge in [0.2, 0.25) is 0 Å². The summed E-state index contributed by atoms with van der Waals surface area (Å²) >= 11 is 0. The molecule has 0 radical (unpaired) electrons. The molecule has 0 unspecified atom stereocenters. The monoisotopic (exact) mass is 500 g/mol. The Morgan fingerprint density at radius 2 is 1.63 bits per heavy atom. The van der Waals surface area contributed by atoms with Crippen molar-refractivity contribution in [1.82, 2.24) is 4.98 Å². The minimum absolute atomic E-state index is 0.0892. The standard InChI is InChI=1S/C17H15NO.C16H13NO2/c1-12-16(15-5-3-4-6-17(15)18-12)11-13-7-9-14(19-2)10-8-13;1-10-8-12(18)7-6-11(10)9-14-13-4-2-3-5-15(13)17-16(14)19/h3-11,18H,1H2,2H3;2-9,18H,1H3,(H,17,19)/b16-11-;14-9+. The molecule has 188 valence electrons. The second kappa shape index (κ2) is 10.5. The molecule has 38 heavy (non-hydrogen) atoms. The number of nitrogens with one attached hydrogen (secondary N) is 2. The number of aromatic amines is 1. The molecule has 2 heterocycles. The van der Waals surface area contributed by atoms with Gasteiger partial charge in [-0.1, -0.05) is 61.2 Å². The number of hydrogen-bond donors (Lipinski definition) is 3. The average molecular weight is 501 g/mol. The Bertz CT molecular complexity index is 1780. The molecular formula is C33H28N2O3. The van der Waals surface area contributed by atoms with Crippen LogP contribution >= 0.6 is 0 Å². The maximum absolute atomic E-state index is 12.0. The maximum atomic E-state index is 12.0. The summed E-state index contributed by atoms with van der Waals surface area (Å²) in [5.74, 6) is 1.01.